The minimum Gasteiger partial charge on any atom is -0.495 e. The fourth-order valence-electron chi connectivity index (χ4n) is 12.5. The second kappa shape index (κ2) is 12.1. The van der Waals surface area contributed by atoms with Crippen LogP contribution in [0.5, 0.6) is 11.5 Å². The number of aliphatic hydroxyl groups is 1. The fraction of sp³-hybridized carbons (Fsp3) is 0.744. The van der Waals surface area contributed by atoms with E-state index in [2.05, 4.69) is 41.5 Å². The number of aliphatic carboxylic acids is 1. The van der Waals surface area contributed by atoms with Crippen molar-refractivity contribution in [2.75, 3.05) is 7.11 Å². The average molecular weight is 707 g/mol. The van der Waals surface area contributed by atoms with E-state index in [0.29, 0.717) is 18.1 Å². The smallest absolute Gasteiger partial charge is 0.339 e. The summed E-state index contributed by atoms with van der Waals surface area (Å²) in [7, 11) is 1.49. The molecular weight excluding hydrogens is 644 g/mol. The molecule has 9 unspecified atom stereocenters. The van der Waals surface area contributed by atoms with Crippen LogP contribution >= 0.6 is 0 Å². The number of carbonyl (C=O) groups excluding carboxylic acids is 1. The van der Waals surface area contributed by atoms with E-state index in [1.807, 2.05) is 26.8 Å². The average Bonchev–Trinajstić information content (AvgIpc) is 3.04. The van der Waals surface area contributed by atoms with Crippen LogP contribution in [-0.4, -0.2) is 51.9 Å². The number of hydrogen-bond acceptors (Lipinski definition) is 6. The van der Waals surface area contributed by atoms with Crippen LogP contribution in [0.2, 0.25) is 0 Å². The number of ketones is 1. The molecule has 5 aliphatic carbocycles. The molecule has 282 valence electrons. The van der Waals surface area contributed by atoms with E-state index in [1.54, 1.807) is 6.07 Å². The van der Waals surface area contributed by atoms with E-state index in [1.165, 1.54) is 18.7 Å². The van der Waals surface area contributed by atoms with Gasteiger partial charge in [-0.05, 0) is 149 Å². The van der Waals surface area contributed by atoms with Crippen molar-refractivity contribution in [1.82, 2.24) is 0 Å². The lowest BCUT2D eigenvalue weighted by atomic mass is 9.33. The maximum atomic E-state index is 14.2. The zero-order chi connectivity index (χ0) is 37.7. The van der Waals surface area contributed by atoms with Crippen molar-refractivity contribution in [2.24, 2.45) is 50.2 Å². The highest BCUT2D eigenvalue weighted by molar-refractivity contribution is 5.96. The summed E-state index contributed by atoms with van der Waals surface area (Å²) in [6.07, 6.45) is 11.6. The Hall–Kier alpha value is -2.87. The largest absolute Gasteiger partial charge is 0.495 e. The van der Waals surface area contributed by atoms with Gasteiger partial charge >= 0.3 is 11.9 Å². The summed E-state index contributed by atoms with van der Waals surface area (Å²) >= 11 is 0. The maximum absolute atomic E-state index is 14.2. The molecule has 1 aliphatic heterocycles. The molecule has 1 aromatic carbocycles. The summed E-state index contributed by atoms with van der Waals surface area (Å²) < 4.78 is 11.0. The molecular formula is C43H62O8. The number of fused-ring (bicyclic) bond motifs is 8. The zero-order valence-electron chi connectivity index (χ0n) is 32.7. The van der Waals surface area contributed by atoms with Gasteiger partial charge < -0.3 is 24.8 Å². The van der Waals surface area contributed by atoms with E-state index in [0.717, 1.165) is 75.5 Å². The lowest BCUT2D eigenvalue weighted by Crippen LogP contribution is -2.66. The molecule has 51 heavy (non-hydrogen) atoms. The minimum absolute atomic E-state index is 0.0296. The predicted octanol–water partition coefficient (Wildman–Crippen LogP) is 8.91. The molecule has 4 fully saturated rings. The van der Waals surface area contributed by atoms with E-state index in [9.17, 15) is 24.6 Å². The van der Waals surface area contributed by atoms with Gasteiger partial charge in [-0.2, -0.15) is 0 Å². The molecule has 8 heteroatoms. The van der Waals surface area contributed by atoms with Crippen molar-refractivity contribution in [2.45, 2.75) is 145 Å². The summed E-state index contributed by atoms with van der Waals surface area (Å²) in [5.41, 5.74) is 0.979. The van der Waals surface area contributed by atoms with Crippen molar-refractivity contribution in [1.29, 1.82) is 0 Å². The first-order valence-electron chi connectivity index (χ1n) is 19.3. The number of carbonyl (C=O) groups is 3. The monoisotopic (exact) mass is 706 g/mol. The molecule has 7 rings (SSSR count). The molecule has 0 aromatic heterocycles. The highest BCUT2D eigenvalue weighted by Crippen LogP contribution is 2.75. The standard InChI is InChI=1S/C30H46O4.C13H16O4/c1-25(2)21-8-11-30(7)23(28(21,5)10-9-22(25)32)20(31)16-18-19-17-27(4,24(33)34)13-12-26(19,3)14-15-29(18,30)6;1-13(2)7-6-8-10(17-13)5-4-9(12(14)15)11(8)16-3/h16,19,21-23,32H,8-15,17H2,1-7H3,(H,33,34);4-5H,6-7H2,1-3H3,(H,14,15). The number of methoxy groups -OCH3 is 1. The zero-order valence-corrected chi connectivity index (χ0v) is 32.7. The number of aromatic carboxylic acids is 1. The molecule has 3 N–H and O–H groups in total. The summed E-state index contributed by atoms with van der Waals surface area (Å²) in [5.74, 6) is 0.230. The Bertz CT molecular complexity index is 1660. The third-order valence-corrected chi connectivity index (χ3v) is 16.1. The third-order valence-electron chi connectivity index (χ3n) is 16.1. The fourth-order valence-corrected chi connectivity index (χ4v) is 12.5. The molecule has 1 aromatic rings. The lowest BCUT2D eigenvalue weighted by Gasteiger charge is -2.70. The predicted molar refractivity (Wildman–Crippen MR) is 196 cm³/mol. The first-order valence-corrected chi connectivity index (χ1v) is 19.3. The van der Waals surface area contributed by atoms with E-state index in [4.69, 9.17) is 14.6 Å². The Morgan fingerprint density at radius 3 is 2.16 bits per heavy atom. The SMILES string of the molecule is CC1(C(=O)O)CCC2(C)CCC3(C)C(=CC(=O)C4C5(C)CCC(O)C(C)(C)C5CCC43C)C2C1.COc1c(C(=O)O)ccc2c1CCC(C)(C)O2. The highest BCUT2D eigenvalue weighted by atomic mass is 16.5. The summed E-state index contributed by atoms with van der Waals surface area (Å²) in [5, 5.41) is 30.0. The van der Waals surface area contributed by atoms with E-state index < -0.39 is 17.4 Å². The molecule has 0 radical (unpaired) electrons. The highest BCUT2D eigenvalue weighted by Gasteiger charge is 2.70. The number of carboxylic acids is 2. The first-order chi connectivity index (χ1) is 23.5. The van der Waals surface area contributed by atoms with Crippen molar-refractivity contribution in [3.63, 3.8) is 0 Å². The Morgan fingerprint density at radius 1 is 0.863 bits per heavy atom. The number of aliphatic hydroxyl groups excluding tert-OH is 1. The summed E-state index contributed by atoms with van der Waals surface area (Å²) in [6, 6.07) is 3.24. The van der Waals surface area contributed by atoms with Gasteiger partial charge in [0.2, 0.25) is 0 Å². The van der Waals surface area contributed by atoms with Crippen LogP contribution in [0.15, 0.2) is 23.8 Å². The lowest BCUT2D eigenvalue weighted by molar-refractivity contribution is -0.202. The topological polar surface area (TPSA) is 130 Å². The van der Waals surface area contributed by atoms with Gasteiger partial charge in [-0.1, -0.05) is 47.1 Å². The Balaban J connectivity index is 0.000000221. The molecule has 9 atom stereocenters. The number of ether oxygens (including phenoxy) is 2. The van der Waals surface area contributed by atoms with Crippen LogP contribution in [0, 0.1) is 50.2 Å². The second-order valence-corrected chi connectivity index (χ2v) is 19.7. The second-order valence-electron chi connectivity index (χ2n) is 19.7. The van der Waals surface area contributed by atoms with Crippen molar-refractivity contribution >= 4 is 17.7 Å². The number of hydrogen-bond donors (Lipinski definition) is 3. The van der Waals surface area contributed by atoms with E-state index in [-0.39, 0.29) is 62.0 Å². The van der Waals surface area contributed by atoms with Crippen molar-refractivity contribution in [3.05, 3.63) is 34.9 Å². The van der Waals surface area contributed by atoms with Crippen LogP contribution in [0.4, 0.5) is 0 Å². The molecule has 0 bridgehead atoms. The molecule has 0 saturated heterocycles. The van der Waals surface area contributed by atoms with Gasteiger partial charge in [-0.25, -0.2) is 4.79 Å². The maximum Gasteiger partial charge on any atom is 0.339 e. The molecule has 4 saturated carbocycles. The van der Waals surface area contributed by atoms with Crippen LogP contribution in [0.1, 0.15) is 142 Å². The van der Waals surface area contributed by atoms with Gasteiger partial charge in [0.05, 0.1) is 18.6 Å². The number of benzene rings is 1. The molecule has 6 aliphatic rings. The van der Waals surface area contributed by atoms with Gasteiger partial charge in [0, 0.05) is 11.5 Å². The van der Waals surface area contributed by atoms with E-state index >= 15 is 0 Å². The number of carboxylic acid groups (broad SMARTS) is 2. The third kappa shape index (κ3) is 5.58. The van der Waals surface area contributed by atoms with Crippen LogP contribution in [0.25, 0.3) is 0 Å². The van der Waals surface area contributed by atoms with Gasteiger partial charge in [-0.3, -0.25) is 9.59 Å². The van der Waals surface area contributed by atoms with Gasteiger partial charge in [0.25, 0.3) is 0 Å². The van der Waals surface area contributed by atoms with Crippen LogP contribution < -0.4 is 9.47 Å². The summed E-state index contributed by atoms with van der Waals surface area (Å²) in [4.78, 5) is 37.5. The number of rotatable bonds is 3. The number of allylic oxidation sites excluding steroid dienone is 2. The van der Waals surface area contributed by atoms with Crippen molar-refractivity contribution < 1.29 is 39.2 Å². The minimum atomic E-state index is -0.977. The van der Waals surface area contributed by atoms with Crippen LogP contribution in [0.3, 0.4) is 0 Å². The Labute approximate surface area is 304 Å². The van der Waals surface area contributed by atoms with Gasteiger partial charge in [0.15, 0.2) is 5.78 Å². The molecule has 0 amide bonds. The molecule has 8 nitrogen and oxygen atoms in total. The molecule has 1 heterocycles. The Kier molecular flexibility index (Phi) is 8.97. The first kappa shape index (κ1) is 37.9. The van der Waals surface area contributed by atoms with Crippen LogP contribution in [-0.2, 0) is 16.0 Å². The normalized spacial score (nSPS) is 41.7. The van der Waals surface area contributed by atoms with Gasteiger partial charge in [0.1, 0.15) is 22.7 Å². The Morgan fingerprint density at radius 2 is 1.53 bits per heavy atom. The quantitative estimate of drug-likeness (QED) is 0.284. The molecule has 0 spiro atoms. The van der Waals surface area contributed by atoms with Crippen molar-refractivity contribution in [3.8, 4) is 11.5 Å². The summed E-state index contributed by atoms with van der Waals surface area (Å²) in [6.45, 7) is 19.9. The van der Waals surface area contributed by atoms with Gasteiger partial charge in [-0.15, -0.1) is 0 Å².